The van der Waals surface area contributed by atoms with Gasteiger partial charge < -0.3 is 24.3 Å². The molecule has 1 fully saturated rings. The second-order valence-electron chi connectivity index (χ2n) is 7.90. The SMILES string of the molecule is CC(=O)OC[C@H]1O[C@@H](n2nnc3c(NCc4ccccc4)nc(Cl)nc32)[C@H](OC(C)=O)[C@@H]1OC(C)=O. The van der Waals surface area contributed by atoms with Crippen LogP contribution >= 0.6 is 11.6 Å². The molecule has 4 rings (SSSR count). The minimum Gasteiger partial charge on any atom is -0.463 e. The molecule has 36 heavy (non-hydrogen) atoms. The predicted octanol–water partition coefficient (Wildman–Crippen LogP) is 1.81. The van der Waals surface area contributed by atoms with Crippen LogP contribution in [-0.4, -0.2) is 67.8 Å². The van der Waals surface area contributed by atoms with Crippen molar-refractivity contribution in [1.82, 2.24) is 25.0 Å². The molecule has 0 bridgehead atoms. The lowest BCUT2D eigenvalue weighted by molar-refractivity contribution is -0.166. The van der Waals surface area contributed by atoms with E-state index < -0.39 is 42.4 Å². The van der Waals surface area contributed by atoms with E-state index >= 15 is 0 Å². The third-order valence-corrected chi connectivity index (χ3v) is 5.35. The maximum Gasteiger partial charge on any atom is 0.303 e. The first-order chi connectivity index (χ1) is 17.2. The highest BCUT2D eigenvalue weighted by molar-refractivity contribution is 6.28. The van der Waals surface area contributed by atoms with Gasteiger partial charge >= 0.3 is 17.9 Å². The summed E-state index contributed by atoms with van der Waals surface area (Å²) in [6.07, 6.45) is -4.33. The van der Waals surface area contributed by atoms with E-state index in [1.54, 1.807) is 0 Å². The summed E-state index contributed by atoms with van der Waals surface area (Å²) in [5, 5.41) is 11.4. The maximum atomic E-state index is 11.9. The Morgan fingerprint density at radius 1 is 1.03 bits per heavy atom. The lowest BCUT2D eigenvalue weighted by atomic mass is 10.1. The van der Waals surface area contributed by atoms with Crippen LogP contribution < -0.4 is 5.32 Å². The molecular weight excluding hydrogens is 496 g/mol. The zero-order valence-electron chi connectivity index (χ0n) is 19.6. The molecular formula is C22H23ClN6O7. The lowest BCUT2D eigenvalue weighted by Crippen LogP contribution is -2.40. The number of nitrogens with zero attached hydrogens (tertiary/aromatic N) is 5. The molecule has 1 aliphatic rings. The molecule has 1 aliphatic heterocycles. The van der Waals surface area contributed by atoms with Gasteiger partial charge in [0.15, 0.2) is 35.4 Å². The monoisotopic (exact) mass is 518 g/mol. The van der Waals surface area contributed by atoms with Gasteiger partial charge in [-0.15, -0.1) is 5.10 Å². The number of anilines is 1. The largest absolute Gasteiger partial charge is 0.463 e. The van der Waals surface area contributed by atoms with E-state index in [4.69, 9.17) is 30.5 Å². The third kappa shape index (κ3) is 5.69. The van der Waals surface area contributed by atoms with Crippen molar-refractivity contribution >= 4 is 46.5 Å². The molecule has 14 heteroatoms. The summed E-state index contributed by atoms with van der Waals surface area (Å²) < 4.78 is 23.2. The smallest absolute Gasteiger partial charge is 0.303 e. The first kappa shape index (κ1) is 25.3. The summed E-state index contributed by atoms with van der Waals surface area (Å²) in [5.41, 5.74) is 1.47. The van der Waals surface area contributed by atoms with Crippen LogP contribution in [0.4, 0.5) is 5.82 Å². The van der Waals surface area contributed by atoms with Crippen LogP contribution in [0.5, 0.6) is 0 Å². The Hall–Kier alpha value is -3.84. The first-order valence-electron chi connectivity index (χ1n) is 10.9. The summed E-state index contributed by atoms with van der Waals surface area (Å²) >= 11 is 6.19. The molecule has 190 valence electrons. The quantitative estimate of drug-likeness (QED) is 0.262. The molecule has 0 spiro atoms. The van der Waals surface area contributed by atoms with Crippen LogP contribution in [0.25, 0.3) is 11.2 Å². The van der Waals surface area contributed by atoms with Crippen molar-refractivity contribution in [2.45, 2.75) is 51.9 Å². The average molecular weight is 519 g/mol. The number of fused-ring (bicyclic) bond motifs is 1. The van der Waals surface area contributed by atoms with Crippen molar-refractivity contribution < 1.29 is 33.3 Å². The topological polar surface area (TPSA) is 157 Å². The number of aromatic nitrogens is 5. The number of esters is 3. The molecule has 0 radical (unpaired) electrons. The Kier molecular flexibility index (Phi) is 7.60. The van der Waals surface area contributed by atoms with Crippen LogP contribution in [0, 0.1) is 0 Å². The number of ether oxygens (including phenoxy) is 4. The fourth-order valence-electron chi connectivity index (χ4n) is 3.77. The Morgan fingerprint density at radius 3 is 2.39 bits per heavy atom. The van der Waals surface area contributed by atoms with Crippen molar-refractivity contribution in [1.29, 1.82) is 0 Å². The Balaban J connectivity index is 1.70. The Bertz CT molecular complexity index is 1270. The highest BCUT2D eigenvalue weighted by atomic mass is 35.5. The van der Waals surface area contributed by atoms with Crippen LogP contribution in [0.2, 0.25) is 5.28 Å². The second kappa shape index (κ2) is 10.8. The number of hydrogen-bond donors (Lipinski definition) is 1. The number of carbonyl (C=O) groups excluding carboxylic acids is 3. The number of benzene rings is 1. The molecule has 0 aliphatic carbocycles. The fraction of sp³-hybridized carbons (Fsp3) is 0.409. The van der Waals surface area contributed by atoms with Crippen LogP contribution in [0.15, 0.2) is 30.3 Å². The molecule has 1 saturated heterocycles. The van der Waals surface area contributed by atoms with E-state index in [-0.39, 0.29) is 23.1 Å². The summed E-state index contributed by atoms with van der Waals surface area (Å²) in [4.78, 5) is 43.5. The van der Waals surface area contributed by atoms with Gasteiger partial charge in [0.05, 0.1) is 0 Å². The van der Waals surface area contributed by atoms with Gasteiger partial charge in [0.1, 0.15) is 12.7 Å². The average Bonchev–Trinajstić information content (AvgIpc) is 3.37. The Labute approximate surface area is 210 Å². The predicted molar refractivity (Wildman–Crippen MR) is 124 cm³/mol. The van der Waals surface area contributed by atoms with Crippen molar-refractivity contribution in [3.8, 4) is 0 Å². The second-order valence-corrected chi connectivity index (χ2v) is 8.24. The van der Waals surface area contributed by atoms with Gasteiger partial charge in [0.25, 0.3) is 0 Å². The van der Waals surface area contributed by atoms with Crippen LogP contribution in [0.1, 0.15) is 32.6 Å². The summed E-state index contributed by atoms with van der Waals surface area (Å²) in [5.74, 6) is -1.53. The van der Waals surface area contributed by atoms with Crippen LogP contribution in [0.3, 0.4) is 0 Å². The van der Waals surface area contributed by atoms with Gasteiger partial charge in [0.2, 0.25) is 5.28 Å². The molecule has 1 aromatic carbocycles. The summed E-state index contributed by atoms with van der Waals surface area (Å²) in [6, 6.07) is 9.62. The number of rotatable bonds is 8. The lowest BCUT2D eigenvalue weighted by Gasteiger charge is -2.23. The zero-order chi connectivity index (χ0) is 25.8. The van der Waals surface area contributed by atoms with Gasteiger partial charge in [-0.25, -0.2) is 0 Å². The standard InChI is InChI=1S/C22H23ClN6O7/c1-11(30)33-10-15-17(34-12(2)31)18(35-13(3)32)21(36-15)29-20-16(27-28-29)19(25-22(23)26-20)24-9-14-7-5-4-6-8-14/h4-8,15,17-18,21H,9-10H2,1-3H3,(H,24,25,26)/t15-,17-,18-,21-/m1/s1. The molecule has 0 saturated carbocycles. The van der Waals surface area contributed by atoms with E-state index in [1.807, 2.05) is 30.3 Å². The highest BCUT2D eigenvalue weighted by Crippen LogP contribution is 2.36. The van der Waals surface area contributed by atoms with E-state index in [9.17, 15) is 14.4 Å². The molecule has 0 unspecified atom stereocenters. The summed E-state index contributed by atoms with van der Waals surface area (Å²) in [7, 11) is 0. The number of hydrogen-bond acceptors (Lipinski definition) is 12. The van der Waals surface area contributed by atoms with Gasteiger partial charge in [-0.3, -0.25) is 14.4 Å². The number of nitrogens with one attached hydrogen (secondary N) is 1. The molecule has 2 aromatic heterocycles. The molecule has 3 aromatic rings. The van der Waals surface area contributed by atoms with Crippen LogP contribution in [-0.2, 0) is 39.9 Å². The van der Waals surface area contributed by atoms with E-state index in [0.29, 0.717) is 12.4 Å². The van der Waals surface area contributed by atoms with E-state index in [2.05, 4.69) is 25.6 Å². The molecule has 13 nitrogen and oxygen atoms in total. The normalized spacial score (nSPS) is 21.2. The molecule has 0 amide bonds. The van der Waals surface area contributed by atoms with E-state index in [0.717, 1.165) is 5.56 Å². The fourth-order valence-corrected chi connectivity index (χ4v) is 3.93. The highest BCUT2D eigenvalue weighted by Gasteiger charge is 2.51. The van der Waals surface area contributed by atoms with Gasteiger partial charge in [-0.2, -0.15) is 14.6 Å². The van der Waals surface area contributed by atoms with E-state index in [1.165, 1.54) is 25.5 Å². The van der Waals surface area contributed by atoms with Crippen molar-refractivity contribution in [3.05, 3.63) is 41.2 Å². The minimum absolute atomic E-state index is 0.0864. The molecule has 3 heterocycles. The zero-order valence-corrected chi connectivity index (χ0v) is 20.3. The molecule has 4 atom stereocenters. The first-order valence-corrected chi connectivity index (χ1v) is 11.3. The minimum atomic E-state index is -1.15. The summed E-state index contributed by atoms with van der Waals surface area (Å²) in [6.45, 7) is 3.80. The van der Waals surface area contributed by atoms with Gasteiger partial charge in [0, 0.05) is 27.3 Å². The third-order valence-electron chi connectivity index (χ3n) is 5.18. The number of halogens is 1. The van der Waals surface area contributed by atoms with Crippen molar-refractivity contribution in [3.63, 3.8) is 0 Å². The van der Waals surface area contributed by atoms with Gasteiger partial charge in [-0.05, 0) is 17.2 Å². The van der Waals surface area contributed by atoms with Crippen molar-refractivity contribution in [2.24, 2.45) is 0 Å². The molecule has 1 N–H and O–H groups in total. The Morgan fingerprint density at radius 2 is 1.72 bits per heavy atom. The van der Waals surface area contributed by atoms with Crippen molar-refractivity contribution in [2.75, 3.05) is 11.9 Å². The van der Waals surface area contributed by atoms with Gasteiger partial charge in [-0.1, -0.05) is 35.5 Å². The number of carbonyl (C=O) groups is 3. The maximum absolute atomic E-state index is 11.9.